The van der Waals surface area contributed by atoms with Gasteiger partial charge in [0.15, 0.2) is 0 Å². The third kappa shape index (κ3) is 1.10. The second kappa shape index (κ2) is 2.58. The largest absolute Gasteiger partial charge is 0.272 e. The van der Waals surface area contributed by atoms with E-state index in [-0.39, 0.29) is 21.0 Å². The lowest BCUT2D eigenvalue weighted by Gasteiger charge is -1.95. The summed E-state index contributed by atoms with van der Waals surface area (Å²) in [6.45, 7) is 0. The van der Waals surface area contributed by atoms with Crippen LogP contribution in [0.15, 0.2) is 25.9 Å². The molecular formula is C6H4BrIN2. The highest BCUT2D eigenvalue weighted by Gasteiger charge is 2.04. The number of nitrogens with one attached hydrogen (secondary N) is 1. The van der Waals surface area contributed by atoms with E-state index in [4.69, 9.17) is 0 Å². The molecule has 0 fully saturated rings. The summed E-state index contributed by atoms with van der Waals surface area (Å²) in [6, 6.07) is 6.24. The predicted molar refractivity (Wildman–Crippen MR) is 52.9 cm³/mol. The minimum absolute atomic E-state index is 0.0972. The summed E-state index contributed by atoms with van der Waals surface area (Å²) in [6.07, 6.45) is 0. The smallest absolute Gasteiger partial charge is 0.0721 e. The molecule has 4 heteroatoms. The molecule has 1 heterocycles. The van der Waals surface area contributed by atoms with Gasteiger partial charge >= 0.3 is 0 Å². The molecule has 0 atom stereocenters. The van der Waals surface area contributed by atoms with Crippen LogP contribution >= 0.6 is 37.0 Å². The van der Waals surface area contributed by atoms with E-state index in [0.717, 1.165) is 4.47 Å². The lowest BCUT2D eigenvalue weighted by molar-refractivity contribution is 1.40. The minimum Gasteiger partial charge on any atom is -0.272 e. The number of anilines is 1. The van der Waals surface area contributed by atoms with Crippen LogP contribution in [0, 0.1) is 3.57 Å². The Morgan fingerprint density at radius 1 is 1.50 bits per heavy atom. The van der Waals surface area contributed by atoms with E-state index in [1.165, 1.54) is 9.26 Å². The Morgan fingerprint density at radius 2 is 2.40 bits per heavy atom. The SMILES string of the molecule is Brc1ccc2c(c1)NN=I2. The molecule has 0 aliphatic carbocycles. The van der Waals surface area contributed by atoms with Crippen molar-refractivity contribution >= 4 is 42.7 Å². The Morgan fingerprint density at radius 3 is 3.30 bits per heavy atom. The van der Waals surface area contributed by atoms with Crippen molar-refractivity contribution in [3.8, 4) is 0 Å². The molecule has 2 nitrogen and oxygen atoms in total. The summed E-state index contributed by atoms with van der Waals surface area (Å²) in [5, 5.41) is 0. The number of halogens is 2. The molecule has 0 unspecified atom stereocenters. The van der Waals surface area contributed by atoms with Crippen LogP contribution in [0.25, 0.3) is 0 Å². The molecule has 1 aliphatic rings. The van der Waals surface area contributed by atoms with Crippen LogP contribution in [0.3, 0.4) is 0 Å². The molecule has 0 spiro atoms. The molecule has 0 aromatic heterocycles. The van der Waals surface area contributed by atoms with Gasteiger partial charge in [0.25, 0.3) is 0 Å². The number of nitrogens with zero attached hydrogens (tertiary/aromatic N) is 1. The van der Waals surface area contributed by atoms with Gasteiger partial charge in [0.1, 0.15) is 0 Å². The van der Waals surface area contributed by atoms with E-state index in [0.29, 0.717) is 0 Å². The Balaban J connectivity index is 2.59. The fourth-order valence-electron chi connectivity index (χ4n) is 0.769. The van der Waals surface area contributed by atoms with Crippen LogP contribution in [0.2, 0.25) is 0 Å². The van der Waals surface area contributed by atoms with Crippen molar-refractivity contribution in [1.29, 1.82) is 0 Å². The van der Waals surface area contributed by atoms with E-state index in [9.17, 15) is 0 Å². The fourth-order valence-corrected chi connectivity index (χ4v) is 2.65. The van der Waals surface area contributed by atoms with Crippen LogP contribution in [-0.4, -0.2) is 0 Å². The van der Waals surface area contributed by atoms with E-state index >= 15 is 0 Å². The molecule has 0 bridgehead atoms. The predicted octanol–water partition coefficient (Wildman–Crippen LogP) is 3.11. The molecule has 1 aromatic rings. The number of hydrogen-bond acceptors (Lipinski definition) is 2. The molecule has 10 heavy (non-hydrogen) atoms. The molecule has 1 N–H and O–H groups in total. The lowest BCUT2D eigenvalue weighted by atomic mass is 10.3. The Kier molecular flexibility index (Phi) is 1.73. The summed E-state index contributed by atoms with van der Waals surface area (Å²) in [5.41, 5.74) is 4.15. The van der Waals surface area contributed by atoms with Crippen molar-refractivity contribution in [3.05, 3.63) is 26.2 Å². The first-order chi connectivity index (χ1) is 4.86. The Labute approximate surface area is 77.3 Å². The van der Waals surface area contributed by atoms with Crippen LogP contribution < -0.4 is 5.43 Å². The molecule has 0 amide bonds. The van der Waals surface area contributed by atoms with Crippen molar-refractivity contribution in [2.45, 2.75) is 0 Å². The van der Waals surface area contributed by atoms with Crippen LogP contribution in [-0.2, 0) is 0 Å². The van der Waals surface area contributed by atoms with Gasteiger partial charge in [0, 0.05) is 4.47 Å². The second-order valence-corrected chi connectivity index (χ2v) is 4.95. The summed E-state index contributed by atoms with van der Waals surface area (Å²) in [5.74, 6) is 0. The normalized spacial score (nSPS) is 13.7. The van der Waals surface area contributed by atoms with Gasteiger partial charge in [-0.05, 0) is 18.2 Å². The van der Waals surface area contributed by atoms with Gasteiger partial charge in [0.2, 0.25) is 0 Å². The summed E-state index contributed by atoms with van der Waals surface area (Å²) in [7, 11) is 0. The van der Waals surface area contributed by atoms with Gasteiger partial charge in [-0.15, -0.1) is 3.25 Å². The maximum absolute atomic E-state index is 4.13. The van der Waals surface area contributed by atoms with E-state index in [1.54, 1.807) is 0 Å². The third-order valence-corrected chi connectivity index (χ3v) is 3.66. The number of rotatable bonds is 0. The molecule has 0 saturated carbocycles. The molecule has 1 aliphatic heterocycles. The fraction of sp³-hybridized carbons (Fsp3) is 0. The molecular weight excluding hydrogens is 307 g/mol. The average molecular weight is 311 g/mol. The first-order valence-corrected chi connectivity index (χ1v) is 5.60. The summed E-state index contributed by atoms with van der Waals surface area (Å²) >= 11 is 3.30. The molecule has 52 valence electrons. The lowest BCUT2D eigenvalue weighted by Crippen LogP contribution is -1.82. The highest BCUT2D eigenvalue weighted by molar-refractivity contribution is 14.2. The first kappa shape index (κ1) is 6.72. The van der Waals surface area contributed by atoms with Gasteiger partial charge in [-0.25, -0.2) is 0 Å². The van der Waals surface area contributed by atoms with Gasteiger partial charge in [-0.1, -0.05) is 15.9 Å². The maximum Gasteiger partial charge on any atom is 0.0721 e. The maximum atomic E-state index is 4.13. The zero-order valence-electron chi connectivity index (χ0n) is 4.94. The van der Waals surface area contributed by atoms with Crippen LogP contribution in [0.5, 0.6) is 0 Å². The number of benzene rings is 1. The first-order valence-electron chi connectivity index (χ1n) is 2.76. The highest BCUT2D eigenvalue weighted by atomic mass is 127. The van der Waals surface area contributed by atoms with Crippen LogP contribution in [0.1, 0.15) is 0 Å². The molecule has 0 saturated heterocycles. The topological polar surface area (TPSA) is 24.4 Å². The quantitative estimate of drug-likeness (QED) is 0.732. The Hall–Kier alpha value is 0.0300. The number of fused-ring (bicyclic) bond motifs is 1. The van der Waals surface area contributed by atoms with E-state index in [1.807, 2.05) is 0 Å². The second-order valence-electron chi connectivity index (χ2n) is 1.91. The van der Waals surface area contributed by atoms with E-state index in [2.05, 4.69) is 42.8 Å². The number of hydrogen-bond donors (Lipinski definition) is 1. The zero-order valence-corrected chi connectivity index (χ0v) is 8.68. The van der Waals surface area contributed by atoms with Crippen molar-refractivity contribution in [1.82, 2.24) is 0 Å². The van der Waals surface area contributed by atoms with Crippen LogP contribution in [0.4, 0.5) is 5.69 Å². The summed E-state index contributed by atoms with van der Waals surface area (Å²) < 4.78 is 6.62. The molecule has 2 rings (SSSR count). The molecule has 0 radical (unpaired) electrons. The van der Waals surface area contributed by atoms with Gasteiger partial charge in [0.05, 0.1) is 30.3 Å². The van der Waals surface area contributed by atoms with Crippen molar-refractivity contribution in [2.24, 2.45) is 3.25 Å². The molecule has 1 aromatic carbocycles. The highest BCUT2D eigenvalue weighted by Crippen LogP contribution is 2.31. The standard InChI is InChI=1S/C6H4BrIN2/c7-4-1-2-5-6(3-4)9-10-8-5/h1-3,9H. The van der Waals surface area contributed by atoms with Crippen molar-refractivity contribution in [3.63, 3.8) is 0 Å². The van der Waals surface area contributed by atoms with Gasteiger partial charge in [-0.2, -0.15) is 0 Å². The zero-order chi connectivity index (χ0) is 6.97. The third-order valence-electron chi connectivity index (χ3n) is 1.22. The van der Waals surface area contributed by atoms with Gasteiger partial charge in [-0.3, -0.25) is 5.43 Å². The minimum atomic E-state index is -0.0972. The van der Waals surface area contributed by atoms with Crippen molar-refractivity contribution in [2.75, 3.05) is 5.43 Å². The van der Waals surface area contributed by atoms with Crippen molar-refractivity contribution < 1.29 is 0 Å². The average Bonchev–Trinajstić information content (AvgIpc) is 2.33. The van der Waals surface area contributed by atoms with Gasteiger partial charge < -0.3 is 0 Å². The Bertz CT molecular complexity index is 298. The van der Waals surface area contributed by atoms with E-state index < -0.39 is 0 Å². The monoisotopic (exact) mass is 310 g/mol. The summed E-state index contributed by atoms with van der Waals surface area (Å²) in [4.78, 5) is 0.